The SMILES string of the molecule is Cc1cccc(CC[NH2+]Cc2cc3cc4c(cc3[nH]c2=O)OCO4)c1. The van der Waals surface area contributed by atoms with Crippen LogP contribution in [-0.2, 0) is 13.0 Å². The van der Waals surface area contributed by atoms with Crippen molar-refractivity contribution in [2.45, 2.75) is 19.9 Å². The topological polar surface area (TPSA) is 67.9 Å². The average Bonchev–Trinajstić information content (AvgIpc) is 3.04. The third kappa shape index (κ3) is 3.37. The van der Waals surface area contributed by atoms with E-state index in [-0.39, 0.29) is 12.4 Å². The van der Waals surface area contributed by atoms with Gasteiger partial charge in [0, 0.05) is 17.9 Å². The van der Waals surface area contributed by atoms with Gasteiger partial charge in [0.1, 0.15) is 6.54 Å². The van der Waals surface area contributed by atoms with Crippen molar-refractivity contribution in [3.05, 3.63) is 69.5 Å². The van der Waals surface area contributed by atoms with Gasteiger partial charge in [0.05, 0.1) is 17.6 Å². The zero-order chi connectivity index (χ0) is 17.2. The molecule has 1 aromatic heterocycles. The van der Waals surface area contributed by atoms with Crippen molar-refractivity contribution in [2.24, 2.45) is 0 Å². The van der Waals surface area contributed by atoms with Gasteiger partial charge < -0.3 is 19.8 Å². The first-order valence-corrected chi connectivity index (χ1v) is 8.52. The summed E-state index contributed by atoms with van der Waals surface area (Å²) in [7, 11) is 0. The molecule has 25 heavy (non-hydrogen) atoms. The molecular formula is C20H21N2O3+. The molecule has 128 valence electrons. The summed E-state index contributed by atoms with van der Waals surface area (Å²) in [6.45, 7) is 3.94. The molecule has 3 aromatic rings. The molecule has 0 saturated heterocycles. The summed E-state index contributed by atoms with van der Waals surface area (Å²) in [5, 5.41) is 3.14. The molecule has 3 N–H and O–H groups in total. The van der Waals surface area contributed by atoms with E-state index in [2.05, 4.69) is 41.5 Å². The molecule has 0 saturated carbocycles. The van der Waals surface area contributed by atoms with Crippen LogP contribution < -0.4 is 20.3 Å². The van der Waals surface area contributed by atoms with E-state index in [1.807, 2.05) is 18.2 Å². The Morgan fingerprint density at radius 1 is 1.12 bits per heavy atom. The number of fused-ring (bicyclic) bond motifs is 2. The normalized spacial score (nSPS) is 12.7. The third-order valence-corrected chi connectivity index (χ3v) is 4.50. The van der Waals surface area contributed by atoms with Crippen LogP contribution in [0.1, 0.15) is 16.7 Å². The number of H-pyrrole nitrogens is 1. The minimum Gasteiger partial charge on any atom is -0.454 e. The molecule has 5 nitrogen and oxygen atoms in total. The highest BCUT2D eigenvalue weighted by atomic mass is 16.7. The Hall–Kier alpha value is -2.79. The van der Waals surface area contributed by atoms with Crippen LogP contribution in [0.5, 0.6) is 11.5 Å². The van der Waals surface area contributed by atoms with E-state index >= 15 is 0 Å². The van der Waals surface area contributed by atoms with Crippen molar-refractivity contribution in [1.82, 2.24) is 4.98 Å². The van der Waals surface area contributed by atoms with Gasteiger partial charge in [-0.1, -0.05) is 29.8 Å². The summed E-state index contributed by atoms with van der Waals surface area (Å²) < 4.78 is 10.8. The number of rotatable bonds is 5. The van der Waals surface area contributed by atoms with Gasteiger partial charge in [-0.25, -0.2) is 0 Å². The Kier molecular flexibility index (Phi) is 4.15. The van der Waals surface area contributed by atoms with Crippen LogP contribution in [0.4, 0.5) is 0 Å². The van der Waals surface area contributed by atoms with Crippen molar-refractivity contribution in [2.75, 3.05) is 13.3 Å². The second kappa shape index (κ2) is 6.61. The minimum absolute atomic E-state index is 0.0434. The van der Waals surface area contributed by atoms with Gasteiger partial charge in [-0.3, -0.25) is 4.79 Å². The van der Waals surface area contributed by atoms with E-state index in [0.717, 1.165) is 35.2 Å². The van der Waals surface area contributed by atoms with Crippen LogP contribution in [0.2, 0.25) is 0 Å². The van der Waals surface area contributed by atoms with Gasteiger partial charge in [-0.2, -0.15) is 0 Å². The molecule has 0 bridgehead atoms. The third-order valence-electron chi connectivity index (χ3n) is 4.50. The van der Waals surface area contributed by atoms with Crippen LogP contribution in [0.15, 0.2) is 47.3 Å². The Labute approximate surface area is 145 Å². The summed E-state index contributed by atoms with van der Waals surface area (Å²) in [5.74, 6) is 1.41. The lowest BCUT2D eigenvalue weighted by Gasteiger charge is -2.05. The monoisotopic (exact) mass is 337 g/mol. The average molecular weight is 337 g/mol. The van der Waals surface area contributed by atoms with Crippen LogP contribution >= 0.6 is 0 Å². The largest absolute Gasteiger partial charge is 0.454 e. The number of pyridine rings is 1. The van der Waals surface area contributed by atoms with Gasteiger partial charge in [0.2, 0.25) is 6.79 Å². The highest BCUT2D eigenvalue weighted by Gasteiger charge is 2.15. The lowest BCUT2D eigenvalue weighted by atomic mass is 10.1. The fraction of sp³-hybridized carbons (Fsp3) is 0.250. The number of aryl methyl sites for hydroxylation is 1. The van der Waals surface area contributed by atoms with Gasteiger partial charge in [-0.05, 0) is 24.6 Å². The van der Waals surface area contributed by atoms with Crippen molar-refractivity contribution in [3.8, 4) is 11.5 Å². The van der Waals surface area contributed by atoms with Crippen molar-refractivity contribution in [1.29, 1.82) is 0 Å². The number of aromatic amines is 1. The lowest BCUT2D eigenvalue weighted by Crippen LogP contribution is -2.83. The molecular weight excluding hydrogens is 316 g/mol. The minimum atomic E-state index is -0.0434. The summed E-state index contributed by atoms with van der Waals surface area (Å²) >= 11 is 0. The Bertz CT molecular complexity index is 978. The van der Waals surface area contributed by atoms with E-state index < -0.39 is 0 Å². The van der Waals surface area contributed by atoms with E-state index in [1.54, 1.807) is 0 Å². The second-order valence-corrected chi connectivity index (χ2v) is 6.44. The predicted molar refractivity (Wildman–Crippen MR) is 96.1 cm³/mol. The highest BCUT2D eigenvalue weighted by molar-refractivity contribution is 5.83. The number of nitrogens with two attached hydrogens (primary N) is 1. The van der Waals surface area contributed by atoms with Crippen molar-refractivity contribution >= 4 is 10.9 Å². The van der Waals surface area contributed by atoms with E-state index in [0.29, 0.717) is 12.3 Å². The summed E-state index contributed by atoms with van der Waals surface area (Å²) in [5.41, 5.74) is 4.12. The first kappa shape index (κ1) is 15.7. The molecule has 0 amide bonds. The van der Waals surface area contributed by atoms with Crippen molar-refractivity contribution < 1.29 is 14.8 Å². The Morgan fingerprint density at radius 2 is 1.96 bits per heavy atom. The zero-order valence-electron chi connectivity index (χ0n) is 14.2. The fourth-order valence-corrected chi connectivity index (χ4v) is 3.19. The first-order chi connectivity index (χ1) is 12.2. The molecule has 0 aliphatic carbocycles. The van der Waals surface area contributed by atoms with E-state index in [4.69, 9.17) is 9.47 Å². The Balaban J connectivity index is 1.45. The number of nitrogens with one attached hydrogen (secondary N) is 1. The predicted octanol–water partition coefficient (Wildman–Crippen LogP) is 1.87. The Morgan fingerprint density at radius 3 is 2.80 bits per heavy atom. The number of hydrogen-bond acceptors (Lipinski definition) is 3. The van der Waals surface area contributed by atoms with Crippen LogP contribution in [0, 0.1) is 6.92 Å². The molecule has 0 fully saturated rings. The summed E-state index contributed by atoms with van der Waals surface area (Å²) in [6.07, 6.45) is 0.992. The lowest BCUT2D eigenvalue weighted by molar-refractivity contribution is -0.670. The number of hydrogen-bond donors (Lipinski definition) is 2. The molecule has 4 rings (SSSR count). The van der Waals surface area contributed by atoms with Gasteiger partial charge in [0.25, 0.3) is 5.56 Å². The quantitative estimate of drug-likeness (QED) is 0.699. The highest BCUT2D eigenvalue weighted by Crippen LogP contribution is 2.35. The summed E-state index contributed by atoms with van der Waals surface area (Å²) in [4.78, 5) is 15.2. The number of ether oxygens (including phenoxy) is 2. The first-order valence-electron chi connectivity index (χ1n) is 8.52. The van der Waals surface area contributed by atoms with Crippen LogP contribution in [-0.4, -0.2) is 18.3 Å². The summed E-state index contributed by atoms with van der Waals surface area (Å²) in [6, 6.07) is 14.2. The number of quaternary nitrogens is 1. The maximum Gasteiger partial charge on any atom is 0.257 e. The fourth-order valence-electron chi connectivity index (χ4n) is 3.19. The standard InChI is InChI=1S/C20H20N2O3/c1-13-3-2-4-14(7-13)5-6-21-11-16-8-15-9-18-19(25-12-24-18)10-17(15)22-20(16)23/h2-4,7-10,21H,5-6,11-12H2,1H3,(H,22,23)/p+1. The second-order valence-electron chi connectivity index (χ2n) is 6.44. The molecule has 0 radical (unpaired) electrons. The molecule has 5 heteroatoms. The number of benzene rings is 2. The number of aromatic nitrogens is 1. The van der Waals surface area contributed by atoms with Crippen LogP contribution in [0.3, 0.4) is 0 Å². The zero-order valence-corrected chi connectivity index (χ0v) is 14.2. The molecule has 1 aliphatic rings. The smallest absolute Gasteiger partial charge is 0.257 e. The molecule has 2 heterocycles. The van der Waals surface area contributed by atoms with E-state index in [1.165, 1.54) is 11.1 Å². The van der Waals surface area contributed by atoms with Gasteiger partial charge in [0.15, 0.2) is 11.5 Å². The maximum absolute atomic E-state index is 12.3. The molecule has 0 atom stereocenters. The van der Waals surface area contributed by atoms with Gasteiger partial charge >= 0.3 is 0 Å². The molecule has 0 spiro atoms. The maximum atomic E-state index is 12.3. The molecule has 2 aromatic carbocycles. The molecule has 1 aliphatic heterocycles. The van der Waals surface area contributed by atoms with Crippen LogP contribution in [0.25, 0.3) is 10.9 Å². The molecule has 0 unspecified atom stereocenters. The van der Waals surface area contributed by atoms with Gasteiger partial charge in [-0.15, -0.1) is 0 Å². The van der Waals surface area contributed by atoms with Crippen molar-refractivity contribution in [3.63, 3.8) is 0 Å². The van der Waals surface area contributed by atoms with E-state index in [9.17, 15) is 4.79 Å².